The Labute approximate surface area is 180 Å². The molecule has 2 saturated heterocycles. The van der Waals surface area contributed by atoms with Gasteiger partial charge in [-0.3, -0.25) is 0 Å². The second-order valence-electron chi connectivity index (χ2n) is 7.58. The summed E-state index contributed by atoms with van der Waals surface area (Å²) in [6, 6.07) is 4.15. The van der Waals surface area contributed by atoms with Gasteiger partial charge in [-0.1, -0.05) is 11.3 Å². The minimum Gasteiger partial charge on any atom is -0.494 e. The first kappa shape index (κ1) is 21.5. The van der Waals surface area contributed by atoms with Crippen LogP contribution in [0.25, 0.3) is 0 Å². The molecule has 2 aliphatic rings. The smallest absolute Gasteiger partial charge is 0.273 e. The summed E-state index contributed by atoms with van der Waals surface area (Å²) in [5, 5.41) is 2.63. The highest BCUT2D eigenvalue weighted by Crippen LogP contribution is 2.28. The molecule has 2 aliphatic heterocycles. The Bertz CT molecular complexity index is 939. The normalized spacial score (nSPS) is 20.3. The maximum Gasteiger partial charge on any atom is 0.273 e. The van der Waals surface area contributed by atoms with E-state index in [1.807, 2.05) is 5.38 Å². The lowest BCUT2D eigenvalue weighted by atomic mass is 10.00. The molecule has 4 rings (SSSR count). The van der Waals surface area contributed by atoms with Crippen molar-refractivity contribution in [2.75, 3.05) is 33.3 Å². The summed E-state index contributed by atoms with van der Waals surface area (Å²) in [7, 11) is -2.36. The summed E-state index contributed by atoms with van der Waals surface area (Å²) in [5.41, 5.74) is 0. The number of halogens is 1. The molecule has 30 heavy (non-hydrogen) atoms. The van der Waals surface area contributed by atoms with Gasteiger partial charge in [0, 0.05) is 43.8 Å². The van der Waals surface area contributed by atoms with E-state index in [0.29, 0.717) is 19.1 Å². The summed E-state index contributed by atoms with van der Waals surface area (Å²) in [6.07, 6.45) is 5.38. The van der Waals surface area contributed by atoms with E-state index in [0.717, 1.165) is 50.0 Å². The van der Waals surface area contributed by atoms with E-state index in [-0.39, 0.29) is 16.7 Å². The molecular weight excluding hydrogens is 429 g/mol. The molecule has 1 aromatic heterocycles. The highest BCUT2D eigenvalue weighted by Gasteiger charge is 2.33. The monoisotopic (exact) mass is 455 g/mol. The molecule has 3 heterocycles. The molecular formula is C20H26FN3O4S2. The third-order valence-corrected chi connectivity index (χ3v) is 8.41. The van der Waals surface area contributed by atoms with Crippen LogP contribution >= 0.6 is 11.3 Å². The molecule has 0 bridgehead atoms. The molecule has 0 atom stereocenters. The van der Waals surface area contributed by atoms with Crippen LogP contribution in [-0.2, 0) is 10.0 Å². The van der Waals surface area contributed by atoms with Crippen molar-refractivity contribution in [3.63, 3.8) is 0 Å². The van der Waals surface area contributed by atoms with Crippen LogP contribution in [0.1, 0.15) is 25.7 Å². The highest BCUT2D eigenvalue weighted by atomic mass is 32.2. The average molecular weight is 456 g/mol. The summed E-state index contributed by atoms with van der Waals surface area (Å²) in [4.78, 5) is 6.60. The molecule has 7 nitrogen and oxygen atoms in total. The summed E-state index contributed by atoms with van der Waals surface area (Å²) in [6.45, 7) is 2.76. The molecule has 0 spiro atoms. The number of piperidine rings is 2. The number of hydrogen-bond donors (Lipinski definition) is 0. The zero-order chi connectivity index (χ0) is 21.1. The third kappa shape index (κ3) is 4.61. The highest BCUT2D eigenvalue weighted by molar-refractivity contribution is 7.89. The van der Waals surface area contributed by atoms with Crippen LogP contribution in [0.4, 0.5) is 4.39 Å². The van der Waals surface area contributed by atoms with Gasteiger partial charge in [0.25, 0.3) is 5.19 Å². The van der Waals surface area contributed by atoms with Gasteiger partial charge in [-0.2, -0.15) is 4.31 Å². The third-order valence-electron chi connectivity index (χ3n) is 5.85. The van der Waals surface area contributed by atoms with Crippen molar-refractivity contribution in [3.8, 4) is 10.9 Å². The molecule has 2 fully saturated rings. The van der Waals surface area contributed by atoms with Gasteiger partial charge in [-0.25, -0.2) is 17.8 Å². The average Bonchev–Trinajstić information content (AvgIpc) is 3.27. The van der Waals surface area contributed by atoms with Crippen molar-refractivity contribution in [1.82, 2.24) is 14.2 Å². The van der Waals surface area contributed by atoms with Crippen molar-refractivity contribution >= 4 is 21.4 Å². The van der Waals surface area contributed by atoms with Crippen LogP contribution in [-0.4, -0.2) is 68.0 Å². The SMILES string of the molecule is COc1ccc(S(=O)(=O)N2CCC(N3CCC(Oc4nccs4)CC3)CC2)cc1F. The van der Waals surface area contributed by atoms with Crippen LogP contribution in [0.5, 0.6) is 10.9 Å². The number of hydrogen-bond acceptors (Lipinski definition) is 7. The molecule has 0 amide bonds. The van der Waals surface area contributed by atoms with Gasteiger partial charge in [0.15, 0.2) is 11.6 Å². The molecule has 0 N–H and O–H groups in total. The van der Waals surface area contributed by atoms with Crippen LogP contribution in [0, 0.1) is 5.82 Å². The lowest BCUT2D eigenvalue weighted by Crippen LogP contribution is -2.50. The Hall–Kier alpha value is -1.75. The Balaban J connectivity index is 1.30. The Morgan fingerprint density at radius 2 is 1.87 bits per heavy atom. The Morgan fingerprint density at radius 3 is 2.47 bits per heavy atom. The first-order valence-electron chi connectivity index (χ1n) is 10.1. The Morgan fingerprint density at radius 1 is 1.13 bits per heavy atom. The minimum absolute atomic E-state index is 0.0283. The summed E-state index contributed by atoms with van der Waals surface area (Å²) >= 11 is 1.51. The van der Waals surface area contributed by atoms with E-state index in [4.69, 9.17) is 9.47 Å². The molecule has 2 aromatic rings. The molecule has 164 valence electrons. The van der Waals surface area contributed by atoms with Crippen LogP contribution in [0.15, 0.2) is 34.7 Å². The van der Waals surface area contributed by atoms with Crippen molar-refractivity contribution in [3.05, 3.63) is 35.6 Å². The van der Waals surface area contributed by atoms with Crippen molar-refractivity contribution in [1.29, 1.82) is 0 Å². The lowest BCUT2D eigenvalue weighted by molar-refractivity contribution is 0.0584. The number of ether oxygens (including phenoxy) is 2. The van der Waals surface area contributed by atoms with Gasteiger partial charge in [0.05, 0.1) is 12.0 Å². The number of sulfonamides is 1. The first-order chi connectivity index (χ1) is 14.5. The molecule has 0 unspecified atom stereocenters. The predicted octanol–water partition coefficient (Wildman–Crippen LogP) is 2.99. The topological polar surface area (TPSA) is 72.0 Å². The number of likely N-dealkylation sites (tertiary alicyclic amines) is 1. The molecule has 0 saturated carbocycles. The van der Waals surface area contributed by atoms with Crippen molar-refractivity contribution in [2.24, 2.45) is 0 Å². The largest absolute Gasteiger partial charge is 0.494 e. The van der Waals surface area contributed by atoms with Gasteiger partial charge in [-0.15, -0.1) is 0 Å². The van der Waals surface area contributed by atoms with E-state index in [2.05, 4.69) is 9.88 Å². The van der Waals surface area contributed by atoms with E-state index in [9.17, 15) is 12.8 Å². The van der Waals surface area contributed by atoms with E-state index in [1.54, 1.807) is 6.20 Å². The van der Waals surface area contributed by atoms with Crippen LogP contribution < -0.4 is 9.47 Å². The van der Waals surface area contributed by atoms with Crippen LogP contribution in [0.2, 0.25) is 0 Å². The fraction of sp³-hybridized carbons (Fsp3) is 0.550. The number of nitrogens with zero attached hydrogens (tertiary/aromatic N) is 3. The van der Waals surface area contributed by atoms with Crippen molar-refractivity contribution in [2.45, 2.75) is 42.7 Å². The molecule has 0 aliphatic carbocycles. The zero-order valence-electron chi connectivity index (χ0n) is 16.9. The molecule has 0 radical (unpaired) electrons. The van der Waals surface area contributed by atoms with E-state index >= 15 is 0 Å². The van der Waals surface area contributed by atoms with Crippen LogP contribution in [0.3, 0.4) is 0 Å². The quantitative estimate of drug-likeness (QED) is 0.667. The fourth-order valence-electron chi connectivity index (χ4n) is 4.17. The minimum atomic E-state index is -3.71. The first-order valence-corrected chi connectivity index (χ1v) is 12.4. The number of benzene rings is 1. The van der Waals surface area contributed by atoms with Gasteiger partial charge < -0.3 is 14.4 Å². The second kappa shape index (κ2) is 9.17. The zero-order valence-corrected chi connectivity index (χ0v) is 18.5. The second-order valence-corrected chi connectivity index (χ2v) is 10.4. The molecule has 1 aromatic carbocycles. The number of rotatable bonds is 6. The summed E-state index contributed by atoms with van der Waals surface area (Å²) < 4.78 is 52.0. The van der Waals surface area contributed by atoms with Gasteiger partial charge in [0.1, 0.15) is 6.10 Å². The van der Waals surface area contributed by atoms with Gasteiger partial charge in [0.2, 0.25) is 10.0 Å². The van der Waals surface area contributed by atoms with Crippen molar-refractivity contribution < 1.29 is 22.3 Å². The number of thiazole rings is 1. The standard InChI is InChI=1S/C20H26FN3O4S2/c1-27-19-3-2-17(14-18(19)21)30(25,26)24-11-4-15(5-12-24)23-9-6-16(7-10-23)28-20-22-8-13-29-20/h2-3,8,13-16H,4-7,9-12H2,1H3. The maximum atomic E-state index is 14.0. The predicted molar refractivity (Wildman–Crippen MR) is 112 cm³/mol. The molecule has 10 heteroatoms. The number of aromatic nitrogens is 1. The lowest BCUT2D eigenvalue weighted by Gasteiger charge is -2.41. The van der Waals surface area contributed by atoms with Gasteiger partial charge in [-0.05, 0) is 43.9 Å². The Kier molecular flexibility index (Phi) is 6.57. The summed E-state index contributed by atoms with van der Waals surface area (Å²) in [5.74, 6) is -0.633. The van der Waals surface area contributed by atoms with E-state index < -0.39 is 15.8 Å². The van der Waals surface area contributed by atoms with Gasteiger partial charge >= 0.3 is 0 Å². The number of methoxy groups -OCH3 is 1. The van der Waals surface area contributed by atoms with E-state index in [1.165, 1.54) is 34.9 Å². The fourth-order valence-corrected chi connectivity index (χ4v) is 6.21. The maximum absolute atomic E-state index is 14.0.